The molecule has 124 valence electrons. The molecule has 0 amide bonds. The van der Waals surface area contributed by atoms with E-state index in [0.29, 0.717) is 6.07 Å². The van der Waals surface area contributed by atoms with Gasteiger partial charge in [-0.15, -0.1) is 0 Å². The Kier molecular flexibility index (Phi) is 4.98. The van der Waals surface area contributed by atoms with Crippen LogP contribution in [0.1, 0.15) is 27.6 Å². The molecule has 0 heterocycles. The molecule has 1 atom stereocenters. The summed E-state index contributed by atoms with van der Waals surface area (Å²) >= 11 is 0. The molecule has 0 saturated heterocycles. The predicted octanol–water partition coefficient (Wildman–Crippen LogP) is 3.30. The van der Waals surface area contributed by atoms with E-state index < -0.39 is 34.4 Å². The zero-order valence-corrected chi connectivity index (χ0v) is 12.4. The molecule has 2 rings (SSSR count). The van der Waals surface area contributed by atoms with Crippen molar-refractivity contribution in [2.45, 2.75) is 13.0 Å². The fourth-order valence-electron chi connectivity index (χ4n) is 1.91. The first kappa shape index (κ1) is 17.2. The average molecular weight is 335 g/mol. The fourth-order valence-corrected chi connectivity index (χ4v) is 1.91. The van der Waals surface area contributed by atoms with Gasteiger partial charge in [0.2, 0.25) is 5.78 Å². The van der Waals surface area contributed by atoms with Gasteiger partial charge >= 0.3 is 5.97 Å². The second-order valence-corrected chi connectivity index (χ2v) is 4.85. The summed E-state index contributed by atoms with van der Waals surface area (Å²) in [4.78, 5) is 34.0. The van der Waals surface area contributed by atoms with Gasteiger partial charge in [-0.05, 0) is 31.2 Å². The first-order valence-electron chi connectivity index (χ1n) is 6.74. The molecule has 0 spiro atoms. The van der Waals surface area contributed by atoms with Crippen LogP contribution in [0.15, 0.2) is 42.5 Å². The molecule has 0 aromatic heterocycles. The van der Waals surface area contributed by atoms with Crippen LogP contribution in [0.5, 0.6) is 0 Å². The average Bonchev–Trinajstić information content (AvgIpc) is 2.56. The van der Waals surface area contributed by atoms with Gasteiger partial charge < -0.3 is 4.74 Å². The van der Waals surface area contributed by atoms with Crippen molar-refractivity contribution < 1.29 is 28.0 Å². The van der Waals surface area contributed by atoms with Crippen LogP contribution in [0.25, 0.3) is 0 Å². The third kappa shape index (κ3) is 3.78. The summed E-state index contributed by atoms with van der Waals surface area (Å²) in [7, 11) is 0. The number of carbonyl (C=O) groups is 2. The number of nitrogens with zero attached hydrogens (tertiary/aromatic N) is 1. The molecule has 0 aliphatic rings. The predicted molar refractivity (Wildman–Crippen MR) is 78.7 cm³/mol. The van der Waals surface area contributed by atoms with Gasteiger partial charge in [0.1, 0.15) is 0 Å². The number of benzene rings is 2. The fraction of sp³-hybridized carbons (Fsp3) is 0.125. The van der Waals surface area contributed by atoms with E-state index >= 15 is 0 Å². The summed E-state index contributed by atoms with van der Waals surface area (Å²) < 4.78 is 31.0. The number of esters is 1. The molecule has 2 aromatic carbocycles. The van der Waals surface area contributed by atoms with Gasteiger partial charge in [-0.2, -0.15) is 0 Å². The smallest absolute Gasteiger partial charge is 0.339 e. The van der Waals surface area contributed by atoms with Gasteiger partial charge in [-0.1, -0.05) is 6.07 Å². The number of carbonyl (C=O) groups excluding carboxylic acids is 2. The molecule has 0 radical (unpaired) electrons. The van der Waals surface area contributed by atoms with Gasteiger partial charge in [0.25, 0.3) is 5.69 Å². The second-order valence-electron chi connectivity index (χ2n) is 4.85. The third-order valence-corrected chi connectivity index (χ3v) is 3.15. The minimum absolute atomic E-state index is 0.103. The van der Waals surface area contributed by atoms with E-state index in [1.54, 1.807) is 0 Å². The number of hydrogen-bond donors (Lipinski definition) is 0. The number of non-ortho nitro benzene ring substituents is 1. The van der Waals surface area contributed by atoms with Crippen molar-refractivity contribution in [2.24, 2.45) is 0 Å². The van der Waals surface area contributed by atoms with E-state index in [0.717, 1.165) is 18.2 Å². The summed E-state index contributed by atoms with van der Waals surface area (Å²) in [5, 5.41) is 10.7. The molecular weight excluding hydrogens is 324 g/mol. The number of Topliss-reactive ketones (excluding diaryl/α,β-unsaturated/α-hetero) is 1. The van der Waals surface area contributed by atoms with Crippen LogP contribution in [0, 0.1) is 21.7 Å². The topological polar surface area (TPSA) is 86.5 Å². The minimum Gasteiger partial charge on any atom is -0.451 e. The summed E-state index contributed by atoms with van der Waals surface area (Å²) in [5.74, 6) is -3.97. The van der Waals surface area contributed by atoms with Crippen molar-refractivity contribution >= 4 is 17.4 Å². The molecule has 0 aliphatic heterocycles. The number of ether oxygens (including phenoxy) is 1. The molecule has 1 unspecified atom stereocenters. The van der Waals surface area contributed by atoms with Gasteiger partial charge in [-0.25, -0.2) is 13.6 Å². The molecule has 0 bridgehead atoms. The van der Waals surface area contributed by atoms with Gasteiger partial charge in [0.15, 0.2) is 17.7 Å². The summed E-state index contributed by atoms with van der Waals surface area (Å²) in [6, 6.07) is 7.37. The van der Waals surface area contributed by atoms with Crippen LogP contribution >= 0.6 is 0 Å². The normalized spacial score (nSPS) is 11.6. The van der Waals surface area contributed by atoms with Crippen LogP contribution in [-0.2, 0) is 4.74 Å². The molecule has 6 nitrogen and oxygen atoms in total. The largest absolute Gasteiger partial charge is 0.451 e. The Bertz CT molecular complexity index is 822. The highest BCUT2D eigenvalue weighted by Crippen LogP contribution is 2.16. The number of hydrogen-bond acceptors (Lipinski definition) is 5. The maximum Gasteiger partial charge on any atom is 0.339 e. The molecular formula is C16H11F2NO5. The van der Waals surface area contributed by atoms with Gasteiger partial charge in [-0.3, -0.25) is 14.9 Å². The maximum atomic E-state index is 13.2. The van der Waals surface area contributed by atoms with Crippen molar-refractivity contribution in [2.75, 3.05) is 0 Å². The number of nitro groups is 1. The molecule has 2 aromatic rings. The lowest BCUT2D eigenvalue weighted by Gasteiger charge is -2.12. The molecule has 0 aliphatic carbocycles. The Morgan fingerprint density at radius 2 is 1.79 bits per heavy atom. The van der Waals surface area contributed by atoms with Gasteiger partial charge in [0, 0.05) is 17.7 Å². The van der Waals surface area contributed by atoms with Crippen molar-refractivity contribution in [3.8, 4) is 0 Å². The van der Waals surface area contributed by atoms with Crippen LogP contribution in [0.2, 0.25) is 0 Å². The van der Waals surface area contributed by atoms with E-state index in [1.165, 1.54) is 25.1 Å². The van der Waals surface area contributed by atoms with Gasteiger partial charge in [0.05, 0.1) is 10.5 Å². The van der Waals surface area contributed by atoms with Crippen molar-refractivity contribution in [1.29, 1.82) is 0 Å². The standard InChI is InChI=1S/C16H11F2NO5/c1-9(15(20)10-5-6-13(17)14(18)8-10)24-16(21)11-3-2-4-12(7-11)19(22)23/h2-9H,1H3. The second kappa shape index (κ2) is 6.95. The third-order valence-electron chi connectivity index (χ3n) is 3.15. The number of rotatable bonds is 5. The van der Waals surface area contributed by atoms with Crippen molar-refractivity contribution in [3.05, 3.63) is 75.3 Å². The first-order valence-corrected chi connectivity index (χ1v) is 6.74. The quantitative estimate of drug-likeness (QED) is 0.362. The van der Waals surface area contributed by atoms with E-state index in [1.807, 2.05) is 0 Å². The first-order chi connectivity index (χ1) is 11.3. The zero-order chi connectivity index (χ0) is 17.9. The lowest BCUT2D eigenvalue weighted by atomic mass is 10.1. The van der Waals surface area contributed by atoms with E-state index in [4.69, 9.17) is 4.74 Å². The lowest BCUT2D eigenvalue weighted by molar-refractivity contribution is -0.384. The van der Waals surface area contributed by atoms with E-state index in [9.17, 15) is 28.5 Å². The monoisotopic (exact) mass is 335 g/mol. The Morgan fingerprint density at radius 3 is 2.42 bits per heavy atom. The Balaban J connectivity index is 2.13. The zero-order valence-electron chi connectivity index (χ0n) is 12.4. The molecule has 8 heteroatoms. The Morgan fingerprint density at radius 1 is 1.08 bits per heavy atom. The summed E-state index contributed by atoms with van der Waals surface area (Å²) in [6.07, 6.45) is -1.28. The maximum absolute atomic E-state index is 13.2. The van der Waals surface area contributed by atoms with Crippen LogP contribution in [0.3, 0.4) is 0 Å². The SMILES string of the molecule is CC(OC(=O)c1cccc([N+](=O)[O-])c1)C(=O)c1ccc(F)c(F)c1. The lowest BCUT2D eigenvalue weighted by Crippen LogP contribution is -2.24. The summed E-state index contributed by atoms with van der Waals surface area (Å²) in [6.45, 7) is 1.26. The Labute approximate surface area is 134 Å². The number of ketones is 1. The van der Waals surface area contributed by atoms with Crippen molar-refractivity contribution in [3.63, 3.8) is 0 Å². The number of nitro benzene ring substituents is 1. The van der Waals surface area contributed by atoms with Crippen LogP contribution < -0.4 is 0 Å². The minimum atomic E-state index is -1.28. The van der Waals surface area contributed by atoms with Crippen LogP contribution in [-0.4, -0.2) is 22.8 Å². The molecule has 0 N–H and O–H groups in total. The number of halogens is 2. The Hall–Kier alpha value is -3.16. The molecule has 0 saturated carbocycles. The van der Waals surface area contributed by atoms with E-state index in [-0.39, 0.29) is 16.8 Å². The highest BCUT2D eigenvalue weighted by atomic mass is 19.2. The van der Waals surface area contributed by atoms with Crippen molar-refractivity contribution in [1.82, 2.24) is 0 Å². The highest BCUT2D eigenvalue weighted by Gasteiger charge is 2.22. The molecule has 0 fully saturated rings. The van der Waals surface area contributed by atoms with Crippen LogP contribution in [0.4, 0.5) is 14.5 Å². The van der Waals surface area contributed by atoms with E-state index in [2.05, 4.69) is 0 Å². The summed E-state index contributed by atoms with van der Waals surface area (Å²) in [5.41, 5.74) is -0.564. The highest BCUT2D eigenvalue weighted by molar-refractivity contribution is 6.01. The molecule has 24 heavy (non-hydrogen) atoms.